The third-order valence-electron chi connectivity index (χ3n) is 5.71. The molecule has 0 radical (unpaired) electrons. The van der Waals surface area contributed by atoms with Gasteiger partial charge < -0.3 is 15.0 Å². The molecule has 0 aliphatic rings. The Bertz CT molecular complexity index is 1130. The van der Waals surface area contributed by atoms with Gasteiger partial charge in [0.05, 0.1) is 19.1 Å². The fraction of sp³-hybridized carbons (Fsp3) is 0.440. The summed E-state index contributed by atoms with van der Waals surface area (Å²) in [5, 5.41) is 3.39. The van der Waals surface area contributed by atoms with Crippen molar-refractivity contribution in [1.82, 2.24) is 10.2 Å². The molecule has 8 nitrogen and oxygen atoms in total. The van der Waals surface area contributed by atoms with Crippen LogP contribution in [0.25, 0.3) is 0 Å². The number of nitrogens with one attached hydrogen (secondary N) is 1. The van der Waals surface area contributed by atoms with Crippen LogP contribution in [0.15, 0.2) is 48.5 Å². The fourth-order valence-electron chi connectivity index (χ4n) is 3.55. The van der Waals surface area contributed by atoms with Crippen LogP contribution in [0, 0.1) is 0 Å². The van der Waals surface area contributed by atoms with E-state index in [1.807, 2.05) is 20.8 Å². The maximum absolute atomic E-state index is 13.7. The van der Waals surface area contributed by atoms with Crippen molar-refractivity contribution in [2.75, 3.05) is 24.2 Å². The van der Waals surface area contributed by atoms with Gasteiger partial charge in [0.2, 0.25) is 21.8 Å². The predicted molar refractivity (Wildman–Crippen MR) is 139 cm³/mol. The van der Waals surface area contributed by atoms with Crippen LogP contribution < -0.4 is 14.4 Å². The maximum Gasteiger partial charge on any atom is 0.244 e. The number of sulfonamides is 1. The van der Waals surface area contributed by atoms with E-state index in [4.69, 9.17) is 16.3 Å². The average Bonchev–Trinajstić information content (AvgIpc) is 2.82. The monoisotopic (exact) mass is 523 g/mol. The molecule has 0 bridgehead atoms. The summed E-state index contributed by atoms with van der Waals surface area (Å²) < 4.78 is 31.6. The molecule has 0 aromatic heterocycles. The summed E-state index contributed by atoms with van der Waals surface area (Å²) in [5.74, 6) is -0.366. The molecule has 2 amide bonds. The first kappa shape index (κ1) is 28.5. The molecule has 1 N–H and O–H groups in total. The number of nitrogens with zero attached hydrogens (tertiary/aromatic N) is 2. The summed E-state index contributed by atoms with van der Waals surface area (Å²) in [7, 11) is -2.35. The molecule has 35 heavy (non-hydrogen) atoms. The zero-order valence-corrected chi connectivity index (χ0v) is 22.4. The molecular formula is C25H34ClN3O5S. The molecule has 0 unspecified atom stereocenters. The summed E-state index contributed by atoms with van der Waals surface area (Å²) in [4.78, 5) is 28.2. The first-order chi connectivity index (χ1) is 16.5. The first-order valence-electron chi connectivity index (χ1n) is 11.5. The number of hydrogen-bond donors (Lipinski definition) is 1. The van der Waals surface area contributed by atoms with E-state index in [-0.39, 0.29) is 24.2 Å². The van der Waals surface area contributed by atoms with Gasteiger partial charge in [0.15, 0.2) is 0 Å². The zero-order chi connectivity index (χ0) is 26.2. The number of halogens is 1. The van der Waals surface area contributed by atoms with Gasteiger partial charge in [0.1, 0.15) is 18.3 Å². The van der Waals surface area contributed by atoms with Gasteiger partial charge in [-0.25, -0.2) is 8.42 Å². The lowest BCUT2D eigenvalue weighted by Crippen LogP contribution is -2.53. The lowest BCUT2D eigenvalue weighted by atomic mass is 10.1. The quantitative estimate of drug-likeness (QED) is 0.456. The Hall–Kier alpha value is -2.78. The largest absolute Gasteiger partial charge is 0.497 e. The van der Waals surface area contributed by atoms with Crippen molar-refractivity contribution >= 4 is 39.1 Å². The van der Waals surface area contributed by atoms with Crippen LogP contribution in [-0.4, -0.2) is 57.1 Å². The van der Waals surface area contributed by atoms with Gasteiger partial charge in [-0.15, -0.1) is 0 Å². The summed E-state index contributed by atoms with van der Waals surface area (Å²) in [6.07, 6.45) is 2.11. The van der Waals surface area contributed by atoms with Crippen LogP contribution in [0.3, 0.4) is 0 Å². The highest BCUT2D eigenvalue weighted by Gasteiger charge is 2.32. The minimum Gasteiger partial charge on any atom is -0.497 e. The summed E-state index contributed by atoms with van der Waals surface area (Å²) in [5.41, 5.74) is 0.944. The first-order valence-corrected chi connectivity index (χ1v) is 13.7. The van der Waals surface area contributed by atoms with E-state index in [1.165, 1.54) is 12.0 Å². The minimum atomic E-state index is -3.82. The molecule has 2 rings (SSSR count). The van der Waals surface area contributed by atoms with E-state index in [0.29, 0.717) is 22.8 Å². The SMILES string of the molecule is CC[C@H](C)NC(=O)[C@H](CC)N(Cc1ccccc1Cl)C(=O)CN(c1cccc(OC)c1)S(C)(=O)=O. The highest BCUT2D eigenvalue weighted by atomic mass is 35.5. The number of amides is 2. The number of anilines is 1. The van der Waals surface area contributed by atoms with Gasteiger partial charge in [0.25, 0.3) is 0 Å². The van der Waals surface area contributed by atoms with Gasteiger partial charge >= 0.3 is 0 Å². The fourth-order valence-corrected chi connectivity index (χ4v) is 4.59. The highest BCUT2D eigenvalue weighted by Crippen LogP contribution is 2.25. The van der Waals surface area contributed by atoms with Crippen molar-refractivity contribution in [3.05, 3.63) is 59.1 Å². The van der Waals surface area contributed by atoms with Crippen molar-refractivity contribution in [3.8, 4) is 5.75 Å². The van der Waals surface area contributed by atoms with Crippen LogP contribution in [0.2, 0.25) is 5.02 Å². The lowest BCUT2D eigenvalue weighted by Gasteiger charge is -2.33. The minimum absolute atomic E-state index is 0.0562. The molecule has 0 fully saturated rings. The van der Waals surface area contributed by atoms with Crippen molar-refractivity contribution < 1.29 is 22.7 Å². The molecule has 2 aromatic rings. The maximum atomic E-state index is 13.7. The number of rotatable bonds is 12. The number of benzene rings is 2. The van der Waals surface area contributed by atoms with Gasteiger partial charge in [-0.2, -0.15) is 0 Å². The number of ether oxygens (including phenoxy) is 1. The van der Waals surface area contributed by atoms with E-state index >= 15 is 0 Å². The second-order valence-electron chi connectivity index (χ2n) is 8.33. The molecule has 0 aliphatic heterocycles. The highest BCUT2D eigenvalue weighted by molar-refractivity contribution is 7.92. The van der Waals surface area contributed by atoms with Crippen LogP contribution >= 0.6 is 11.6 Å². The molecule has 0 saturated carbocycles. The van der Waals surface area contributed by atoms with Crippen LogP contribution in [0.1, 0.15) is 39.2 Å². The third kappa shape index (κ3) is 7.86. The number of carbonyl (C=O) groups excluding carboxylic acids is 2. The van der Waals surface area contributed by atoms with E-state index < -0.39 is 28.5 Å². The van der Waals surface area contributed by atoms with E-state index in [9.17, 15) is 18.0 Å². The van der Waals surface area contributed by atoms with Crippen molar-refractivity contribution in [1.29, 1.82) is 0 Å². The molecule has 10 heteroatoms. The van der Waals surface area contributed by atoms with Crippen molar-refractivity contribution in [2.24, 2.45) is 0 Å². The van der Waals surface area contributed by atoms with E-state index in [1.54, 1.807) is 48.5 Å². The van der Waals surface area contributed by atoms with Gasteiger partial charge in [-0.1, -0.05) is 49.7 Å². The van der Waals surface area contributed by atoms with Gasteiger partial charge in [-0.05, 0) is 43.5 Å². The Balaban J connectivity index is 2.46. The van der Waals surface area contributed by atoms with E-state index in [0.717, 1.165) is 17.0 Å². The van der Waals surface area contributed by atoms with Crippen LogP contribution in [0.5, 0.6) is 5.75 Å². The lowest BCUT2D eigenvalue weighted by molar-refractivity contribution is -0.140. The summed E-state index contributed by atoms with van der Waals surface area (Å²) in [6, 6.07) is 12.6. The zero-order valence-electron chi connectivity index (χ0n) is 20.8. The number of hydrogen-bond acceptors (Lipinski definition) is 5. The molecule has 192 valence electrons. The summed E-state index contributed by atoms with van der Waals surface area (Å²) >= 11 is 6.36. The van der Waals surface area contributed by atoms with Crippen molar-refractivity contribution in [2.45, 2.75) is 52.2 Å². The topological polar surface area (TPSA) is 96.0 Å². The predicted octanol–water partition coefficient (Wildman–Crippen LogP) is 3.84. The second kappa shape index (κ2) is 12.8. The standard InChI is InChI=1S/C25H34ClN3O5S/c1-6-18(3)27-25(31)23(7-2)28(16-19-11-8-9-14-22(19)26)24(30)17-29(35(5,32)33)20-12-10-13-21(15-20)34-4/h8-15,18,23H,6-7,16-17H2,1-5H3,(H,27,31)/t18-,23-/m0/s1. The normalized spacial score (nSPS) is 13.0. The Kier molecular flexibility index (Phi) is 10.4. The Morgan fingerprint density at radius 1 is 1.09 bits per heavy atom. The number of methoxy groups -OCH3 is 1. The molecule has 0 heterocycles. The van der Waals surface area contributed by atoms with Crippen molar-refractivity contribution in [3.63, 3.8) is 0 Å². The van der Waals surface area contributed by atoms with Crippen LogP contribution in [0.4, 0.5) is 5.69 Å². The Labute approximate surface area is 213 Å². The summed E-state index contributed by atoms with van der Waals surface area (Å²) in [6.45, 7) is 5.23. The van der Waals surface area contributed by atoms with Crippen LogP contribution in [-0.2, 0) is 26.2 Å². The Morgan fingerprint density at radius 2 is 1.77 bits per heavy atom. The van der Waals surface area contributed by atoms with E-state index in [2.05, 4.69) is 5.32 Å². The second-order valence-corrected chi connectivity index (χ2v) is 10.6. The molecule has 0 aliphatic carbocycles. The Morgan fingerprint density at radius 3 is 2.34 bits per heavy atom. The van der Waals surface area contributed by atoms with Gasteiger partial charge in [-0.3, -0.25) is 13.9 Å². The molecule has 0 saturated heterocycles. The van der Waals surface area contributed by atoms with Gasteiger partial charge in [0, 0.05) is 23.7 Å². The molecular weight excluding hydrogens is 490 g/mol. The molecule has 0 spiro atoms. The molecule has 2 atom stereocenters. The number of carbonyl (C=O) groups is 2. The molecule has 2 aromatic carbocycles. The third-order valence-corrected chi connectivity index (χ3v) is 7.22. The average molecular weight is 524 g/mol. The smallest absolute Gasteiger partial charge is 0.244 e.